The van der Waals surface area contributed by atoms with Crippen LogP contribution in [0, 0.1) is 6.92 Å². The predicted molar refractivity (Wildman–Crippen MR) is 83.7 cm³/mol. The molecule has 0 atom stereocenters. The third kappa shape index (κ3) is 3.46. The minimum absolute atomic E-state index is 0.0890. The maximum Gasteiger partial charge on any atom is 0.180 e. The fraction of sp³-hybridized carbons (Fsp3) is 0.538. The molecule has 0 aliphatic rings. The Balaban J connectivity index is 2.45. The fourth-order valence-electron chi connectivity index (χ4n) is 1.56. The standard InChI is InChI=1S/C13H19N5S2/c1-6-14-9-8(2)10(20-12-18-15-7-19-12)17-11(16-9)13(3,4)5/h7H,6H2,1-5H3,(H,14,16,17). The van der Waals surface area contributed by atoms with Gasteiger partial charge in [-0.3, -0.25) is 0 Å². The topological polar surface area (TPSA) is 63.6 Å². The number of nitrogens with zero attached hydrogens (tertiary/aromatic N) is 4. The van der Waals surface area contributed by atoms with Gasteiger partial charge in [0, 0.05) is 17.5 Å². The number of anilines is 1. The Hall–Kier alpha value is -1.21. The largest absolute Gasteiger partial charge is 0.370 e. The zero-order chi connectivity index (χ0) is 14.8. The van der Waals surface area contributed by atoms with Crippen LogP contribution in [0.15, 0.2) is 14.9 Å². The van der Waals surface area contributed by atoms with Crippen molar-refractivity contribution < 1.29 is 0 Å². The van der Waals surface area contributed by atoms with Crippen LogP contribution in [0.25, 0.3) is 0 Å². The first-order chi connectivity index (χ1) is 9.41. The molecule has 0 bridgehead atoms. The van der Waals surface area contributed by atoms with E-state index in [-0.39, 0.29) is 5.41 Å². The summed E-state index contributed by atoms with van der Waals surface area (Å²) in [5.41, 5.74) is 2.70. The Morgan fingerprint density at radius 1 is 1.30 bits per heavy atom. The smallest absolute Gasteiger partial charge is 0.180 e. The molecule has 2 heterocycles. The average molecular weight is 309 g/mol. The van der Waals surface area contributed by atoms with E-state index in [1.807, 2.05) is 6.92 Å². The lowest BCUT2D eigenvalue weighted by molar-refractivity contribution is 0.538. The molecule has 0 saturated carbocycles. The van der Waals surface area contributed by atoms with Crippen molar-refractivity contribution in [1.29, 1.82) is 0 Å². The first-order valence-electron chi connectivity index (χ1n) is 6.48. The molecule has 7 heteroatoms. The lowest BCUT2D eigenvalue weighted by Crippen LogP contribution is -2.18. The van der Waals surface area contributed by atoms with E-state index >= 15 is 0 Å². The van der Waals surface area contributed by atoms with Gasteiger partial charge in [0.25, 0.3) is 0 Å². The molecule has 2 rings (SSSR count). The molecule has 0 saturated heterocycles. The molecule has 0 aromatic carbocycles. The van der Waals surface area contributed by atoms with Crippen LogP contribution in [-0.4, -0.2) is 26.7 Å². The van der Waals surface area contributed by atoms with Gasteiger partial charge in [-0.25, -0.2) is 9.97 Å². The Morgan fingerprint density at radius 2 is 2.05 bits per heavy atom. The maximum atomic E-state index is 4.71. The number of hydrogen-bond acceptors (Lipinski definition) is 7. The zero-order valence-electron chi connectivity index (χ0n) is 12.4. The van der Waals surface area contributed by atoms with E-state index in [0.717, 1.165) is 33.1 Å². The minimum Gasteiger partial charge on any atom is -0.370 e. The van der Waals surface area contributed by atoms with Crippen molar-refractivity contribution in [3.63, 3.8) is 0 Å². The zero-order valence-corrected chi connectivity index (χ0v) is 14.0. The third-order valence-corrected chi connectivity index (χ3v) is 4.51. The SMILES string of the molecule is CCNc1nc(C(C)(C)C)nc(Sc2nncs2)c1C. The minimum atomic E-state index is -0.0890. The van der Waals surface area contributed by atoms with Crippen molar-refractivity contribution in [3.05, 3.63) is 16.9 Å². The molecule has 0 fully saturated rings. The molecule has 0 unspecified atom stereocenters. The lowest BCUT2D eigenvalue weighted by Gasteiger charge is -2.20. The van der Waals surface area contributed by atoms with Crippen LogP contribution in [0.3, 0.4) is 0 Å². The van der Waals surface area contributed by atoms with Gasteiger partial charge < -0.3 is 5.32 Å². The maximum absolute atomic E-state index is 4.71. The van der Waals surface area contributed by atoms with Gasteiger partial charge in [0.1, 0.15) is 22.2 Å². The molecule has 20 heavy (non-hydrogen) atoms. The number of aromatic nitrogens is 4. The van der Waals surface area contributed by atoms with Crippen LogP contribution in [0.1, 0.15) is 39.1 Å². The highest BCUT2D eigenvalue weighted by Gasteiger charge is 2.21. The lowest BCUT2D eigenvalue weighted by atomic mass is 9.95. The number of rotatable bonds is 4. The van der Waals surface area contributed by atoms with Gasteiger partial charge in [0.05, 0.1) is 0 Å². The molecule has 2 aromatic heterocycles. The molecular weight excluding hydrogens is 290 g/mol. The molecular formula is C13H19N5S2. The summed E-state index contributed by atoms with van der Waals surface area (Å²) < 4.78 is 0.897. The van der Waals surface area contributed by atoms with Gasteiger partial charge in [-0.05, 0) is 25.6 Å². The van der Waals surface area contributed by atoms with E-state index in [4.69, 9.17) is 4.98 Å². The Kier molecular flexibility index (Phi) is 4.59. The van der Waals surface area contributed by atoms with E-state index in [0.29, 0.717) is 0 Å². The average Bonchev–Trinajstić information content (AvgIpc) is 2.86. The summed E-state index contributed by atoms with van der Waals surface area (Å²) >= 11 is 3.06. The molecule has 0 radical (unpaired) electrons. The second kappa shape index (κ2) is 6.05. The fourth-order valence-corrected chi connectivity index (χ4v) is 3.03. The van der Waals surface area contributed by atoms with Gasteiger partial charge >= 0.3 is 0 Å². The highest BCUT2D eigenvalue weighted by molar-refractivity contribution is 8.01. The Morgan fingerprint density at radius 3 is 2.60 bits per heavy atom. The van der Waals surface area contributed by atoms with Gasteiger partial charge in [0.2, 0.25) is 0 Å². The van der Waals surface area contributed by atoms with Crippen molar-refractivity contribution in [2.75, 3.05) is 11.9 Å². The summed E-state index contributed by atoms with van der Waals surface area (Å²) in [7, 11) is 0. The molecule has 108 valence electrons. The van der Waals surface area contributed by atoms with Crippen LogP contribution in [-0.2, 0) is 5.41 Å². The number of nitrogens with one attached hydrogen (secondary N) is 1. The van der Waals surface area contributed by atoms with Crippen LogP contribution >= 0.6 is 23.1 Å². The molecule has 0 aliphatic heterocycles. The van der Waals surface area contributed by atoms with Gasteiger partial charge in [-0.15, -0.1) is 10.2 Å². The first-order valence-corrected chi connectivity index (χ1v) is 8.18. The second-order valence-electron chi connectivity index (χ2n) is 5.41. The first kappa shape index (κ1) is 15.2. The van der Waals surface area contributed by atoms with Crippen molar-refractivity contribution in [1.82, 2.24) is 20.2 Å². The van der Waals surface area contributed by atoms with E-state index in [1.165, 1.54) is 11.3 Å². The van der Waals surface area contributed by atoms with E-state index < -0.39 is 0 Å². The molecule has 0 aliphatic carbocycles. The highest BCUT2D eigenvalue weighted by Crippen LogP contribution is 2.33. The normalized spacial score (nSPS) is 11.7. The van der Waals surface area contributed by atoms with Crippen molar-refractivity contribution in [2.45, 2.75) is 49.4 Å². The summed E-state index contributed by atoms with van der Waals surface area (Å²) in [6.07, 6.45) is 0. The summed E-state index contributed by atoms with van der Waals surface area (Å²) in [6.45, 7) is 11.3. The molecule has 5 nitrogen and oxygen atoms in total. The third-order valence-electron chi connectivity index (χ3n) is 2.64. The monoisotopic (exact) mass is 309 g/mol. The van der Waals surface area contributed by atoms with Crippen LogP contribution in [0.5, 0.6) is 0 Å². The highest BCUT2D eigenvalue weighted by atomic mass is 32.2. The summed E-state index contributed by atoms with van der Waals surface area (Å²) in [4.78, 5) is 9.37. The predicted octanol–water partition coefficient (Wildman–Crippen LogP) is 3.52. The molecule has 2 aromatic rings. The summed E-state index contributed by atoms with van der Waals surface area (Å²) in [5, 5.41) is 12.2. The molecule has 0 spiro atoms. The van der Waals surface area contributed by atoms with Crippen molar-refractivity contribution in [2.24, 2.45) is 0 Å². The summed E-state index contributed by atoms with van der Waals surface area (Å²) in [5.74, 6) is 1.74. The summed E-state index contributed by atoms with van der Waals surface area (Å²) in [6, 6.07) is 0. The second-order valence-corrected chi connectivity index (χ2v) is 7.48. The van der Waals surface area contributed by atoms with Crippen LogP contribution < -0.4 is 5.32 Å². The Bertz CT molecular complexity index is 575. The van der Waals surface area contributed by atoms with E-state index in [2.05, 4.69) is 48.2 Å². The number of hydrogen-bond donors (Lipinski definition) is 1. The molecule has 1 N–H and O–H groups in total. The van der Waals surface area contributed by atoms with Crippen molar-refractivity contribution in [3.8, 4) is 0 Å². The van der Waals surface area contributed by atoms with Gasteiger partial charge in [-0.2, -0.15) is 0 Å². The molecule has 0 amide bonds. The van der Waals surface area contributed by atoms with E-state index in [1.54, 1.807) is 17.3 Å². The van der Waals surface area contributed by atoms with Crippen molar-refractivity contribution >= 4 is 28.9 Å². The van der Waals surface area contributed by atoms with Crippen LogP contribution in [0.2, 0.25) is 0 Å². The Labute approximate surface area is 127 Å². The quantitative estimate of drug-likeness (QED) is 0.872. The van der Waals surface area contributed by atoms with Gasteiger partial charge in [-0.1, -0.05) is 32.1 Å². The van der Waals surface area contributed by atoms with Gasteiger partial charge in [0.15, 0.2) is 4.34 Å². The van der Waals surface area contributed by atoms with E-state index in [9.17, 15) is 0 Å². The van der Waals surface area contributed by atoms with Crippen LogP contribution in [0.4, 0.5) is 5.82 Å².